The van der Waals surface area contributed by atoms with E-state index in [4.69, 9.17) is 5.11 Å². The fraction of sp³-hybridized carbons (Fsp3) is 0.167. The molecule has 9 heavy (non-hydrogen) atoms. The van der Waals surface area contributed by atoms with Gasteiger partial charge >= 0.3 is 5.63 Å². The molecule has 0 aliphatic heterocycles. The molecule has 0 aliphatic carbocycles. The first-order chi connectivity index (χ1) is 4.20. The Morgan fingerprint density at radius 3 is 2.67 bits per heavy atom. The third-order valence-electron chi connectivity index (χ3n) is 0.992. The molecule has 0 atom stereocenters. The Bertz CT molecular complexity index is 261. The number of hydrogen-bond acceptors (Lipinski definition) is 3. The molecule has 1 heterocycles. The van der Waals surface area contributed by atoms with Gasteiger partial charge in [0.25, 0.3) is 0 Å². The summed E-state index contributed by atoms with van der Waals surface area (Å²) in [6.07, 6.45) is 0. The van der Waals surface area contributed by atoms with Gasteiger partial charge in [-0.3, -0.25) is 0 Å². The molecule has 0 aliphatic rings. The molecular formula is C6H6O3. The summed E-state index contributed by atoms with van der Waals surface area (Å²) >= 11 is 0. The molecule has 0 aromatic carbocycles. The van der Waals surface area contributed by atoms with Crippen LogP contribution in [0.5, 0.6) is 5.75 Å². The smallest absolute Gasteiger partial charge is 0.336 e. The molecule has 1 aromatic rings. The maximum Gasteiger partial charge on any atom is 0.336 e. The van der Waals surface area contributed by atoms with Crippen molar-refractivity contribution in [1.82, 2.24) is 0 Å². The molecule has 3 nitrogen and oxygen atoms in total. The summed E-state index contributed by atoms with van der Waals surface area (Å²) in [6, 6.07) is 2.48. The first kappa shape index (κ1) is 5.88. The first-order valence-corrected chi connectivity index (χ1v) is 2.50. The average molecular weight is 126 g/mol. The number of aryl methyl sites for hydroxylation is 1. The highest BCUT2D eigenvalue weighted by Gasteiger charge is 1.94. The van der Waals surface area contributed by atoms with E-state index in [1.807, 2.05) is 0 Å². The van der Waals surface area contributed by atoms with E-state index >= 15 is 0 Å². The van der Waals surface area contributed by atoms with Crippen LogP contribution in [0, 0.1) is 6.92 Å². The maximum atomic E-state index is 10.4. The predicted molar refractivity (Wildman–Crippen MR) is 31.4 cm³/mol. The molecule has 0 radical (unpaired) electrons. The maximum absolute atomic E-state index is 10.4. The Balaban J connectivity index is 3.34. The zero-order chi connectivity index (χ0) is 6.85. The van der Waals surface area contributed by atoms with E-state index in [2.05, 4.69) is 4.42 Å². The third kappa shape index (κ3) is 1.10. The van der Waals surface area contributed by atoms with Crippen molar-refractivity contribution in [1.29, 1.82) is 0 Å². The number of hydrogen-bond donors (Lipinski definition) is 1. The number of rotatable bonds is 0. The highest BCUT2D eigenvalue weighted by Crippen LogP contribution is 2.09. The van der Waals surface area contributed by atoms with E-state index in [-0.39, 0.29) is 11.5 Å². The lowest BCUT2D eigenvalue weighted by Crippen LogP contribution is -1.94. The van der Waals surface area contributed by atoms with Crippen molar-refractivity contribution in [2.75, 3.05) is 0 Å². The molecule has 0 spiro atoms. The highest BCUT2D eigenvalue weighted by atomic mass is 16.4. The van der Waals surface area contributed by atoms with Gasteiger partial charge in [-0.1, -0.05) is 0 Å². The first-order valence-electron chi connectivity index (χ1n) is 2.50. The van der Waals surface area contributed by atoms with Crippen LogP contribution in [-0.4, -0.2) is 5.11 Å². The van der Waals surface area contributed by atoms with E-state index in [0.29, 0.717) is 0 Å². The molecule has 0 saturated heterocycles. The van der Waals surface area contributed by atoms with Crippen molar-refractivity contribution >= 4 is 0 Å². The molecule has 1 rings (SSSR count). The molecule has 0 amide bonds. The molecule has 0 fully saturated rings. The van der Waals surface area contributed by atoms with Gasteiger partial charge in [-0.25, -0.2) is 4.79 Å². The third-order valence-corrected chi connectivity index (χ3v) is 0.992. The highest BCUT2D eigenvalue weighted by molar-refractivity contribution is 5.20. The molecule has 3 heteroatoms. The zero-order valence-electron chi connectivity index (χ0n) is 4.92. The van der Waals surface area contributed by atoms with Crippen LogP contribution in [0.4, 0.5) is 0 Å². The SMILES string of the molecule is Cc1oc(=O)ccc1O. The van der Waals surface area contributed by atoms with E-state index < -0.39 is 5.63 Å². The summed E-state index contributed by atoms with van der Waals surface area (Å²) in [5.41, 5.74) is -0.440. The summed E-state index contributed by atoms with van der Waals surface area (Å²) in [5.74, 6) is 0.261. The Labute approximate surface area is 51.6 Å². The normalized spacial score (nSPS) is 9.44. The minimum Gasteiger partial charge on any atom is -0.504 e. The van der Waals surface area contributed by atoms with Gasteiger partial charge < -0.3 is 9.52 Å². The minimum atomic E-state index is -0.440. The van der Waals surface area contributed by atoms with Gasteiger partial charge in [0, 0.05) is 6.07 Å². The Kier molecular flexibility index (Phi) is 1.26. The minimum absolute atomic E-state index is 0.00889. The number of aromatic hydroxyl groups is 1. The van der Waals surface area contributed by atoms with Crippen molar-refractivity contribution < 1.29 is 9.52 Å². The lowest BCUT2D eigenvalue weighted by molar-refractivity contribution is 0.403. The second-order valence-corrected chi connectivity index (χ2v) is 1.70. The second-order valence-electron chi connectivity index (χ2n) is 1.70. The molecule has 1 N–H and O–H groups in total. The van der Waals surface area contributed by atoms with Gasteiger partial charge in [-0.2, -0.15) is 0 Å². The summed E-state index contributed by atoms with van der Waals surface area (Å²) in [5, 5.41) is 8.81. The van der Waals surface area contributed by atoms with Crippen LogP contribution in [0.1, 0.15) is 5.76 Å². The van der Waals surface area contributed by atoms with E-state index in [1.54, 1.807) is 0 Å². The molecule has 1 aromatic heterocycles. The molecule has 0 saturated carbocycles. The van der Waals surface area contributed by atoms with Crippen molar-refractivity contribution in [3.63, 3.8) is 0 Å². The van der Waals surface area contributed by atoms with Crippen LogP contribution in [0.2, 0.25) is 0 Å². The van der Waals surface area contributed by atoms with Crippen LogP contribution in [0.3, 0.4) is 0 Å². The van der Waals surface area contributed by atoms with E-state index in [1.165, 1.54) is 19.1 Å². The van der Waals surface area contributed by atoms with E-state index in [0.717, 1.165) is 0 Å². The summed E-state index contributed by atoms with van der Waals surface area (Å²) in [7, 11) is 0. The molecular weight excluding hydrogens is 120 g/mol. The second kappa shape index (κ2) is 1.93. The van der Waals surface area contributed by atoms with Gasteiger partial charge in [0.1, 0.15) is 5.76 Å². The summed E-state index contributed by atoms with van der Waals surface area (Å²) in [6.45, 7) is 1.52. The van der Waals surface area contributed by atoms with Crippen LogP contribution in [0.25, 0.3) is 0 Å². The van der Waals surface area contributed by atoms with Crippen LogP contribution in [0.15, 0.2) is 21.3 Å². The Morgan fingerprint density at radius 1 is 1.56 bits per heavy atom. The fourth-order valence-corrected chi connectivity index (χ4v) is 0.502. The average Bonchev–Trinajstić information content (AvgIpc) is 1.80. The lowest BCUT2D eigenvalue weighted by atomic mass is 10.4. The van der Waals surface area contributed by atoms with E-state index in [9.17, 15) is 4.79 Å². The van der Waals surface area contributed by atoms with Crippen LogP contribution < -0.4 is 5.63 Å². The van der Waals surface area contributed by atoms with Gasteiger partial charge in [-0.05, 0) is 13.0 Å². The quantitative estimate of drug-likeness (QED) is 0.555. The lowest BCUT2D eigenvalue weighted by Gasteiger charge is -1.91. The van der Waals surface area contributed by atoms with Gasteiger partial charge in [0.05, 0.1) is 0 Å². The van der Waals surface area contributed by atoms with Gasteiger partial charge in [0.15, 0.2) is 5.75 Å². The van der Waals surface area contributed by atoms with Crippen molar-refractivity contribution in [2.45, 2.75) is 6.92 Å². The Morgan fingerprint density at radius 2 is 2.22 bits per heavy atom. The molecule has 0 bridgehead atoms. The van der Waals surface area contributed by atoms with Crippen molar-refractivity contribution in [3.8, 4) is 5.75 Å². The monoisotopic (exact) mass is 126 g/mol. The van der Waals surface area contributed by atoms with Crippen LogP contribution >= 0.6 is 0 Å². The largest absolute Gasteiger partial charge is 0.504 e. The van der Waals surface area contributed by atoms with Crippen molar-refractivity contribution in [3.05, 3.63) is 28.3 Å². The predicted octanol–water partition coefficient (Wildman–Crippen LogP) is 0.654. The van der Waals surface area contributed by atoms with Crippen molar-refractivity contribution in [2.24, 2.45) is 0 Å². The summed E-state index contributed by atoms with van der Waals surface area (Å²) < 4.78 is 4.50. The van der Waals surface area contributed by atoms with Crippen LogP contribution in [-0.2, 0) is 0 Å². The van der Waals surface area contributed by atoms with Gasteiger partial charge in [-0.15, -0.1) is 0 Å². The summed E-state index contributed by atoms with van der Waals surface area (Å²) in [4.78, 5) is 10.4. The zero-order valence-corrected chi connectivity index (χ0v) is 4.92. The molecule has 48 valence electrons. The van der Waals surface area contributed by atoms with Gasteiger partial charge in [0.2, 0.25) is 0 Å². The molecule has 0 unspecified atom stereocenters. The standard InChI is InChI=1S/C6H6O3/c1-4-5(7)2-3-6(8)9-4/h2-3,7H,1H3. The fourth-order valence-electron chi connectivity index (χ4n) is 0.502. The topological polar surface area (TPSA) is 50.4 Å². The Hall–Kier alpha value is -1.25.